The number of nitrogens with two attached hydrogens (primary N) is 1. The lowest BCUT2D eigenvalue weighted by Crippen LogP contribution is -2.02. The van der Waals surface area contributed by atoms with Crippen LogP contribution in [0.2, 0.25) is 0 Å². The number of halogens is 1. The molecule has 1 unspecified atom stereocenters. The highest BCUT2D eigenvalue weighted by atomic mass is 19.1. The van der Waals surface area contributed by atoms with Crippen LogP contribution in [0.1, 0.15) is 22.8 Å². The standard InChI is InChI=1S/C14H14FNO/c15-13-6-4-11(5-7-13)14(17)12-3-1-2-10(8-12)9-16/h1-8,14,17H,9,16H2. The molecule has 0 aromatic heterocycles. The van der Waals surface area contributed by atoms with Gasteiger partial charge in [-0.05, 0) is 28.8 Å². The molecule has 0 radical (unpaired) electrons. The molecule has 3 heteroatoms. The highest BCUT2D eigenvalue weighted by molar-refractivity contribution is 5.32. The number of aliphatic hydroxyl groups excluding tert-OH is 1. The van der Waals surface area contributed by atoms with Gasteiger partial charge in [0.1, 0.15) is 11.9 Å². The van der Waals surface area contributed by atoms with Gasteiger partial charge >= 0.3 is 0 Å². The predicted octanol–water partition coefficient (Wildman–Crippen LogP) is 2.37. The predicted molar refractivity (Wildman–Crippen MR) is 64.8 cm³/mol. The van der Waals surface area contributed by atoms with Crippen LogP contribution < -0.4 is 5.73 Å². The smallest absolute Gasteiger partial charge is 0.123 e. The molecule has 17 heavy (non-hydrogen) atoms. The van der Waals surface area contributed by atoms with Gasteiger partial charge in [-0.3, -0.25) is 0 Å². The third-order valence-corrected chi connectivity index (χ3v) is 2.69. The van der Waals surface area contributed by atoms with Crippen LogP contribution in [-0.4, -0.2) is 5.11 Å². The van der Waals surface area contributed by atoms with E-state index in [1.807, 2.05) is 24.3 Å². The van der Waals surface area contributed by atoms with Crippen LogP contribution in [0, 0.1) is 5.82 Å². The highest BCUT2D eigenvalue weighted by Gasteiger charge is 2.10. The van der Waals surface area contributed by atoms with Gasteiger partial charge in [0, 0.05) is 6.54 Å². The minimum Gasteiger partial charge on any atom is -0.384 e. The molecule has 0 saturated heterocycles. The Labute approximate surface area is 99.5 Å². The number of aliphatic hydroxyl groups is 1. The fourth-order valence-electron chi connectivity index (χ4n) is 1.73. The maximum atomic E-state index is 12.8. The van der Waals surface area contributed by atoms with Crippen molar-refractivity contribution in [1.82, 2.24) is 0 Å². The summed E-state index contributed by atoms with van der Waals surface area (Å²) >= 11 is 0. The third-order valence-electron chi connectivity index (χ3n) is 2.69. The Morgan fingerprint density at radius 1 is 1.06 bits per heavy atom. The second kappa shape index (κ2) is 5.08. The van der Waals surface area contributed by atoms with E-state index in [2.05, 4.69) is 0 Å². The molecule has 88 valence electrons. The molecule has 2 nitrogen and oxygen atoms in total. The number of hydrogen-bond donors (Lipinski definition) is 2. The molecule has 0 aliphatic rings. The summed E-state index contributed by atoms with van der Waals surface area (Å²) in [6.07, 6.45) is -0.748. The van der Waals surface area contributed by atoms with Gasteiger partial charge in [-0.2, -0.15) is 0 Å². The van der Waals surface area contributed by atoms with Gasteiger partial charge in [-0.15, -0.1) is 0 Å². The fourth-order valence-corrected chi connectivity index (χ4v) is 1.73. The van der Waals surface area contributed by atoms with Crippen LogP contribution in [0.15, 0.2) is 48.5 Å². The molecule has 1 atom stereocenters. The summed E-state index contributed by atoms with van der Waals surface area (Å²) in [6.45, 7) is 0.435. The van der Waals surface area contributed by atoms with Crippen molar-refractivity contribution in [3.8, 4) is 0 Å². The topological polar surface area (TPSA) is 46.2 Å². The maximum Gasteiger partial charge on any atom is 0.123 e. The van der Waals surface area contributed by atoms with Crippen molar-refractivity contribution in [3.05, 3.63) is 71.0 Å². The van der Waals surface area contributed by atoms with Crippen molar-refractivity contribution in [2.24, 2.45) is 5.73 Å². The summed E-state index contributed by atoms with van der Waals surface area (Å²) in [6, 6.07) is 13.3. The van der Waals surface area contributed by atoms with Gasteiger partial charge in [0.05, 0.1) is 0 Å². The fraction of sp³-hybridized carbons (Fsp3) is 0.143. The van der Waals surface area contributed by atoms with E-state index in [0.717, 1.165) is 11.1 Å². The minimum atomic E-state index is -0.748. The van der Waals surface area contributed by atoms with Gasteiger partial charge in [-0.25, -0.2) is 4.39 Å². The van der Waals surface area contributed by atoms with E-state index >= 15 is 0 Å². The molecule has 2 rings (SSSR count). The largest absolute Gasteiger partial charge is 0.384 e. The van der Waals surface area contributed by atoms with E-state index in [1.165, 1.54) is 12.1 Å². The molecular formula is C14H14FNO. The normalized spacial score (nSPS) is 12.4. The molecule has 0 aliphatic heterocycles. The Bertz CT molecular complexity index is 496. The van der Waals surface area contributed by atoms with Gasteiger partial charge < -0.3 is 10.8 Å². The van der Waals surface area contributed by atoms with E-state index < -0.39 is 6.10 Å². The van der Waals surface area contributed by atoms with Gasteiger partial charge in [0.25, 0.3) is 0 Å². The van der Waals surface area contributed by atoms with Crippen molar-refractivity contribution in [2.45, 2.75) is 12.6 Å². The van der Waals surface area contributed by atoms with Crippen LogP contribution in [0.4, 0.5) is 4.39 Å². The quantitative estimate of drug-likeness (QED) is 0.851. The van der Waals surface area contributed by atoms with Gasteiger partial charge in [0.15, 0.2) is 0 Å². The average molecular weight is 231 g/mol. The zero-order valence-electron chi connectivity index (χ0n) is 9.31. The summed E-state index contributed by atoms with van der Waals surface area (Å²) < 4.78 is 12.8. The minimum absolute atomic E-state index is 0.309. The molecule has 2 aromatic carbocycles. The Morgan fingerprint density at radius 3 is 2.41 bits per heavy atom. The lowest BCUT2D eigenvalue weighted by Gasteiger charge is -2.12. The van der Waals surface area contributed by atoms with E-state index in [4.69, 9.17) is 5.73 Å². The first kappa shape index (κ1) is 11.8. The molecule has 0 bridgehead atoms. The zero-order chi connectivity index (χ0) is 12.3. The molecule has 0 fully saturated rings. The molecule has 2 aromatic rings. The lowest BCUT2D eigenvalue weighted by atomic mass is 10.00. The van der Waals surface area contributed by atoms with Crippen LogP contribution >= 0.6 is 0 Å². The highest BCUT2D eigenvalue weighted by Crippen LogP contribution is 2.22. The van der Waals surface area contributed by atoms with Crippen molar-refractivity contribution >= 4 is 0 Å². The summed E-state index contributed by atoms with van der Waals surface area (Å²) in [5, 5.41) is 10.1. The monoisotopic (exact) mass is 231 g/mol. The Morgan fingerprint density at radius 2 is 1.76 bits per heavy atom. The first-order chi connectivity index (χ1) is 8.20. The first-order valence-corrected chi connectivity index (χ1v) is 5.43. The first-order valence-electron chi connectivity index (χ1n) is 5.43. The van der Waals surface area contributed by atoms with Crippen LogP contribution in [0.5, 0.6) is 0 Å². The lowest BCUT2D eigenvalue weighted by molar-refractivity contribution is 0.220. The van der Waals surface area contributed by atoms with Gasteiger partial charge in [0.2, 0.25) is 0 Å². The van der Waals surface area contributed by atoms with E-state index in [9.17, 15) is 9.50 Å². The molecule has 0 heterocycles. The molecule has 0 saturated carbocycles. The van der Waals surface area contributed by atoms with Crippen LogP contribution in [-0.2, 0) is 6.54 Å². The van der Waals surface area contributed by atoms with Crippen molar-refractivity contribution in [3.63, 3.8) is 0 Å². The summed E-state index contributed by atoms with van der Waals surface area (Å²) in [5.41, 5.74) is 7.94. The third kappa shape index (κ3) is 2.70. The van der Waals surface area contributed by atoms with Crippen LogP contribution in [0.25, 0.3) is 0 Å². The Kier molecular flexibility index (Phi) is 3.52. The Hall–Kier alpha value is -1.71. The number of hydrogen-bond acceptors (Lipinski definition) is 2. The molecular weight excluding hydrogens is 217 g/mol. The van der Waals surface area contributed by atoms with Crippen molar-refractivity contribution in [1.29, 1.82) is 0 Å². The second-order valence-electron chi connectivity index (χ2n) is 3.90. The number of benzene rings is 2. The van der Waals surface area contributed by atoms with E-state index in [0.29, 0.717) is 12.1 Å². The summed E-state index contributed by atoms with van der Waals surface area (Å²) in [5.74, 6) is -0.309. The SMILES string of the molecule is NCc1cccc(C(O)c2ccc(F)cc2)c1. The average Bonchev–Trinajstić information content (AvgIpc) is 2.39. The molecule has 0 amide bonds. The Balaban J connectivity index is 2.29. The summed E-state index contributed by atoms with van der Waals surface area (Å²) in [7, 11) is 0. The van der Waals surface area contributed by atoms with E-state index in [-0.39, 0.29) is 5.82 Å². The second-order valence-corrected chi connectivity index (χ2v) is 3.90. The van der Waals surface area contributed by atoms with Gasteiger partial charge in [-0.1, -0.05) is 36.4 Å². The zero-order valence-corrected chi connectivity index (χ0v) is 9.31. The molecule has 3 N–H and O–H groups in total. The molecule has 0 aliphatic carbocycles. The maximum absolute atomic E-state index is 12.8. The summed E-state index contributed by atoms with van der Waals surface area (Å²) in [4.78, 5) is 0. The van der Waals surface area contributed by atoms with Crippen molar-refractivity contribution < 1.29 is 9.50 Å². The molecule has 0 spiro atoms. The number of rotatable bonds is 3. The van der Waals surface area contributed by atoms with E-state index in [1.54, 1.807) is 12.1 Å². The van der Waals surface area contributed by atoms with Crippen molar-refractivity contribution in [2.75, 3.05) is 0 Å². The van der Waals surface area contributed by atoms with Crippen LogP contribution in [0.3, 0.4) is 0 Å².